The number of fused-ring (bicyclic) bond motifs is 1. The highest BCUT2D eigenvalue weighted by Gasteiger charge is 2.31. The maximum absolute atomic E-state index is 12.8. The van der Waals surface area contributed by atoms with Gasteiger partial charge < -0.3 is 14.8 Å². The Morgan fingerprint density at radius 2 is 1.83 bits per heavy atom. The van der Waals surface area contributed by atoms with Crippen molar-refractivity contribution < 1.29 is 22.7 Å². The number of nitrogens with one attached hydrogen (secondary N) is 1. The molecule has 0 unspecified atom stereocenters. The average Bonchev–Trinajstić information content (AvgIpc) is 3.17. The number of benzene rings is 2. The van der Waals surface area contributed by atoms with Gasteiger partial charge in [-0.2, -0.15) is 0 Å². The highest BCUT2D eigenvalue weighted by atomic mass is 32.2. The lowest BCUT2D eigenvalue weighted by atomic mass is 9.97. The normalized spacial score (nSPS) is 17.3. The van der Waals surface area contributed by atoms with Gasteiger partial charge in [0.25, 0.3) is 0 Å². The summed E-state index contributed by atoms with van der Waals surface area (Å²) in [5.41, 5.74) is 2.43. The average molecular weight is 416 g/mol. The molecule has 0 spiro atoms. The SMILES string of the molecule is Cc1ccccc1CS(=O)(=O)N1CCC(C(=O)Nc2ccc3c(c2)OCO3)CC1. The molecule has 2 aromatic carbocycles. The van der Waals surface area contributed by atoms with Gasteiger partial charge in [-0.1, -0.05) is 24.3 Å². The van der Waals surface area contributed by atoms with E-state index in [1.807, 2.05) is 31.2 Å². The van der Waals surface area contributed by atoms with Gasteiger partial charge in [0, 0.05) is 30.8 Å². The van der Waals surface area contributed by atoms with Crippen LogP contribution in [0.4, 0.5) is 5.69 Å². The molecule has 8 heteroatoms. The van der Waals surface area contributed by atoms with Crippen molar-refractivity contribution in [3.8, 4) is 11.5 Å². The summed E-state index contributed by atoms with van der Waals surface area (Å²) >= 11 is 0. The molecule has 1 amide bonds. The molecule has 2 aliphatic heterocycles. The van der Waals surface area contributed by atoms with E-state index in [0.717, 1.165) is 11.1 Å². The molecule has 0 saturated carbocycles. The number of sulfonamides is 1. The quantitative estimate of drug-likeness (QED) is 0.810. The Morgan fingerprint density at radius 1 is 1.10 bits per heavy atom. The van der Waals surface area contributed by atoms with E-state index in [-0.39, 0.29) is 24.4 Å². The summed E-state index contributed by atoms with van der Waals surface area (Å²) in [5, 5.41) is 2.90. The van der Waals surface area contributed by atoms with Crippen LogP contribution < -0.4 is 14.8 Å². The number of ether oxygens (including phenoxy) is 2. The largest absolute Gasteiger partial charge is 0.454 e. The van der Waals surface area contributed by atoms with Crippen molar-refractivity contribution in [1.29, 1.82) is 0 Å². The van der Waals surface area contributed by atoms with Crippen LogP contribution in [0.1, 0.15) is 24.0 Å². The van der Waals surface area contributed by atoms with Crippen LogP contribution >= 0.6 is 0 Å². The van der Waals surface area contributed by atoms with Crippen molar-refractivity contribution >= 4 is 21.6 Å². The number of rotatable bonds is 5. The fourth-order valence-corrected chi connectivity index (χ4v) is 5.34. The number of hydrogen-bond donors (Lipinski definition) is 1. The van der Waals surface area contributed by atoms with E-state index in [0.29, 0.717) is 43.1 Å². The van der Waals surface area contributed by atoms with Gasteiger partial charge in [0.2, 0.25) is 22.7 Å². The first kappa shape index (κ1) is 19.7. The Labute approximate surface area is 170 Å². The highest BCUT2D eigenvalue weighted by Crippen LogP contribution is 2.34. The van der Waals surface area contributed by atoms with Crippen LogP contribution in [0, 0.1) is 12.8 Å². The van der Waals surface area contributed by atoms with Gasteiger partial charge in [0.15, 0.2) is 11.5 Å². The van der Waals surface area contributed by atoms with Crippen LogP contribution in [0.15, 0.2) is 42.5 Å². The van der Waals surface area contributed by atoms with E-state index >= 15 is 0 Å². The number of hydrogen-bond acceptors (Lipinski definition) is 5. The summed E-state index contributed by atoms with van der Waals surface area (Å²) < 4.78 is 37.7. The van der Waals surface area contributed by atoms with Gasteiger partial charge in [-0.05, 0) is 43.0 Å². The summed E-state index contributed by atoms with van der Waals surface area (Å²) in [6.07, 6.45) is 1.01. The summed E-state index contributed by atoms with van der Waals surface area (Å²) in [6.45, 7) is 2.81. The zero-order valence-corrected chi connectivity index (χ0v) is 17.1. The molecule has 0 atom stereocenters. The highest BCUT2D eigenvalue weighted by molar-refractivity contribution is 7.88. The Hall–Kier alpha value is -2.58. The topological polar surface area (TPSA) is 84.9 Å². The smallest absolute Gasteiger partial charge is 0.231 e. The predicted octanol–water partition coefficient (Wildman–Crippen LogP) is 2.90. The van der Waals surface area contributed by atoms with Gasteiger partial charge in [-0.15, -0.1) is 0 Å². The predicted molar refractivity (Wildman–Crippen MR) is 109 cm³/mol. The van der Waals surface area contributed by atoms with Crippen LogP contribution in [0.3, 0.4) is 0 Å². The minimum Gasteiger partial charge on any atom is -0.454 e. The van der Waals surface area contributed by atoms with Gasteiger partial charge in [0.05, 0.1) is 5.75 Å². The monoisotopic (exact) mass is 416 g/mol. The third kappa shape index (κ3) is 4.38. The molecular weight excluding hydrogens is 392 g/mol. The molecule has 0 aromatic heterocycles. The van der Waals surface area contributed by atoms with Crippen molar-refractivity contribution in [3.05, 3.63) is 53.6 Å². The van der Waals surface area contributed by atoms with E-state index in [4.69, 9.17) is 9.47 Å². The van der Waals surface area contributed by atoms with Gasteiger partial charge in [-0.25, -0.2) is 12.7 Å². The molecule has 154 valence electrons. The van der Waals surface area contributed by atoms with Gasteiger partial charge >= 0.3 is 0 Å². The molecule has 7 nitrogen and oxygen atoms in total. The van der Waals surface area contributed by atoms with Crippen molar-refractivity contribution in [3.63, 3.8) is 0 Å². The molecule has 2 aromatic rings. The maximum Gasteiger partial charge on any atom is 0.231 e. The lowest BCUT2D eigenvalue weighted by molar-refractivity contribution is -0.120. The van der Waals surface area contributed by atoms with E-state index < -0.39 is 10.0 Å². The number of carbonyl (C=O) groups excluding carboxylic acids is 1. The maximum atomic E-state index is 12.8. The standard InChI is InChI=1S/C21H24N2O5S/c1-15-4-2-3-5-17(15)13-29(25,26)23-10-8-16(9-11-23)21(24)22-18-6-7-19-20(12-18)28-14-27-19/h2-7,12,16H,8-11,13-14H2,1H3,(H,22,24). The first-order valence-corrected chi connectivity index (χ1v) is 11.3. The lowest BCUT2D eigenvalue weighted by Gasteiger charge is -2.30. The number of anilines is 1. The third-order valence-electron chi connectivity index (χ3n) is 5.46. The molecule has 29 heavy (non-hydrogen) atoms. The zero-order valence-electron chi connectivity index (χ0n) is 16.3. The van der Waals surface area contributed by atoms with E-state index in [2.05, 4.69) is 5.32 Å². The molecule has 2 aliphatic rings. The fourth-order valence-electron chi connectivity index (χ4n) is 3.67. The van der Waals surface area contributed by atoms with Crippen LogP contribution in [-0.2, 0) is 20.6 Å². The summed E-state index contributed by atoms with van der Waals surface area (Å²) in [7, 11) is -3.40. The van der Waals surface area contributed by atoms with E-state index in [1.54, 1.807) is 18.2 Å². The van der Waals surface area contributed by atoms with Crippen molar-refractivity contribution in [2.75, 3.05) is 25.2 Å². The Morgan fingerprint density at radius 3 is 2.59 bits per heavy atom. The second kappa shape index (κ2) is 8.04. The van der Waals surface area contributed by atoms with Gasteiger partial charge in [0.1, 0.15) is 0 Å². The summed E-state index contributed by atoms with van der Waals surface area (Å²) in [6, 6.07) is 12.8. The van der Waals surface area contributed by atoms with E-state index in [9.17, 15) is 13.2 Å². The van der Waals surface area contributed by atoms with E-state index in [1.165, 1.54) is 4.31 Å². The molecule has 0 radical (unpaired) electrons. The zero-order chi connectivity index (χ0) is 20.4. The number of piperidine rings is 1. The molecular formula is C21H24N2O5S. The molecule has 4 rings (SSSR count). The number of nitrogens with zero attached hydrogens (tertiary/aromatic N) is 1. The summed E-state index contributed by atoms with van der Waals surface area (Å²) in [5.74, 6) is 0.952. The molecule has 1 saturated heterocycles. The number of amides is 1. The fraction of sp³-hybridized carbons (Fsp3) is 0.381. The van der Waals surface area contributed by atoms with Crippen LogP contribution in [-0.4, -0.2) is 38.5 Å². The molecule has 1 fully saturated rings. The van der Waals surface area contributed by atoms with Crippen molar-refractivity contribution in [2.24, 2.45) is 5.92 Å². The molecule has 0 aliphatic carbocycles. The van der Waals surface area contributed by atoms with Crippen LogP contribution in [0.25, 0.3) is 0 Å². The molecule has 2 heterocycles. The Bertz CT molecular complexity index is 1010. The third-order valence-corrected chi connectivity index (χ3v) is 7.29. The number of aryl methyl sites for hydroxylation is 1. The second-order valence-corrected chi connectivity index (χ2v) is 9.38. The van der Waals surface area contributed by atoms with Crippen LogP contribution in [0.5, 0.6) is 11.5 Å². The van der Waals surface area contributed by atoms with Crippen molar-refractivity contribution in [1.82, 2.24) is 4.31 Å². The first-order valence-electron chi connectivity index (χ1n) is 9.65. The van der Waals surface area contributed by atoms with Crippen molar-refractivity contribution in [2.45, 2.75) is 25.5 Å². The first-order chi connectivity index (χ1) is 13.9. The molecule has 1 N–H and O–H groups in total. The van der Waals surface area contributed by atoms with Gasteiger partial charge in [-0.3, -0.25) is 4.79 Å². The summed E-state index contributed by atoms with van der Waals surface area (Å²) in [4.78, 5) is 12.6. The second-order valence-electron chi connectivity index (χ2n) is 7.41. The minimum atomic E-state index is -3.40. The lowest BCUT2D eigenvalue weighted by Crippen LogP contribution is -2.41. The minimum absolute atomic E-state index is 0.00622. The number of carbonyl (C=O) groups is 1. The Kier molecular flexibility index (Phi) is 5.47. The Balaban J connectivity index is 1.34. The molecule has 0 bridgehead atoms. The van der Waals surface area contributed by atoms with Crippen LogP contribution in [0.2, 0.25) is 0 Å².